The molecule has 0 fully saturated rings. The van der Waals surface area contributed by atoms with Gasteiger partial charge in [0, 0.05) is 20.2 Å². The molecule has 80 valence electrons. The van der Waals surface area contributed by atoms with Gasteiger partial charge in [0.05, 0.1) is 12.5 Å². The summed E-state index contributed by atoms with van der Waals surface area (Å²) in [6.07, 6.45) is 3.17. The SMILES string of the molecule is CN(C)/C=N/c1c(C#N)nnc2ccnn12. The van der Waals surface area contributed by atoms with Gasteiger partial charge in [-0.3, -0.25) is 0 Å². The Morgan fingerprint density at radius 3 is 3.00 bits per heavy atom. The lowest BCUT2D eigenvalue weighted by atomic mass is 10.4. The zero-order valence-corrected chi connectivity index (χ0v) is 8.86. The van der Waals surface area contributed by atoms with Crippen LogP contribution in [0.4, 0.5) is 5.82 Å². The molecule has 0 radical (unpaired) electrons. The summed E-state index contributed by atoms with van der Waals surface area (Å²) in [7, 11) is 3.68. The monoisotopic (exact) mass is 215 g/mol. The molecule has 7 heteroatoms. The molecule has 0 saturated carbocycles. The van der Waals surface area contributed by atoms with E-state index < -0.39 is 0 Å². The van der Waals surface area contributed by atoms with Crippen LogP contribution in [0.5, 0.6) is 0 Å². The Hall–Kier alpha value is -2.49. The van der Waals surface area contributed by atoms with Crippen molar-refractivity contribution in [3.63, 3.8) is 0 Å². The van der Waals surface area contributed by atoms with E-state index in [0.29, 0.717) is 11.5 Å². The molecule has 0 bridgehead atoms. The van der Waals surface area contributed by atoms with Gasteiger partial charge < -0.3 is 4.90 Å². The minimum absolute atomic E-state index is 0.148. The van der Waals surface area contributed by atoms with Gasteiger partial charge in [-0.2, -0.15) is 14.9 Å². The topological polar surface area (TPSA) is 82.5 Å². The molecule has 7 nitrogen and oxygen atoms in total. The summed E-state index contributed by atoms with van der Waals surface area (Å²) in [5.41, 5.74) is 0.708. The summed E-state index contributed by atoms with van der Waals surface area (Å²) in [5.74, 6) is 0.381. The van der Waals surface area contributed by atoms with Crippen LogP contribution in [0.25, 0.3) is 5.65 Å². The van der Waals surface area contributed by atoms with Gasteiger partial charge in [-0.05, 0) is 0 Å². The molecular weight excluding hydrogens is 206 g/mol. The Balaban J connectivity index is 2.63. The van der Waals surface area contributed by atoms with Crippen molar-refractivity contribution in [1.82, 2.24) is 24.7 Å². The predicted molar refractivity (Wildman–Crippen MR) is 57.3 cm³/mol. The zero-order valence-electron chi connectivity index (χ0n) is 8.86. The third-order valence-electron chi connectivity index (χ3n) is 1.80. The van der Waals surface area contributed by atoms with E-state index in [-0.39, 0.29) is 5.69 Å². The molecule has 0 saturated heterocycles. The lowest BCUT2D eigenvalue weighted by Crippen LogP contribution is -2.08. The number of hydrogen-bond acceptors (Lipinski definition) is 5. The van der Waals surface area contributed by atoms with E-state index in [2.05, 4.69) is 20.3 Å². The van der Waals surface area contributed by atoms with Crippen molar-refractivity contribution in [1.29, 1.82) is 5.26 Å². The van der Waals surface area contributed by atoms with E-state index in [9.17, 15) is 0 Å². The third-order valence-corrected chi connectivity index (χ3v) is 1.80. The molecule has 2 rings (SSSR count). The first-order chi connectivity index (χ1) is 7.72. The summed E-state index contributed by atoms with van der Waals surface area (Å²) in [4.78, 5) is 5.91. The molecule has 0 N–H and O–H groups in total. The fourth-order valence-electron chi connectivity index (χ4n) is 1.14. The Morgan fingerprint density at radius 1 is 1.50 bits per heavy atom. The lowest BCUT2D eigenvalue weighted by molar-refractivity contribution is 0.642. The van der Waals surface area contributed by atoms with E-state index in [1.54, 1.807) is 23.5 Å². The standard InChI is InChI=1S/C9H9N7/c1-15(2)6-11-9-7(5-10)13-14-8-3-4-12-16(8)9/h3-4,6H,1-2H3/b11-6+. The second-order valence-electron chi connectivity index (χ2n) is 3.29. The zero-order chi connectivity index (χ0) is 11.5. The van der Waals surface area contributed by atoms with Crippen LogP contribution >= 0.6 is 0 Å². The number of aliphatic imine (C=N–C) groups is 1. The number of nitrogens with zero attached hydrogens (tertiary/aromatic N) is 7. The first-order valence-electron chi connectivity index (χ1n) is 4.53. The predicted octanol–water partition coefficient (Wildman–Crippen LogP) is 0.217. The average Bonchev–Trinajstić information content (AvgIpc) is 2.73. The molecule has 2 heterocycles. The Labute approximate surface area is 91.7 Å². The number of hydrogen-bond donors (Lipinski definition) is 0. The van der Waals surface area contributed by atoms with Gasteiger partial charge in [0.15, 0.2) is 11.5 Å². The highest BCUT2D eigenvalue weighted by molar-refractivity contribution is 5.62. The number of fused-ring (bicyclic) bond motifs is 1. The van der Waals surface area contributed by atoms with Crippen LogP contribution in [-0.2, 0) is 0 Å². The highest BCUT2D eigenvalue weighted by Crippen LogP contribution is 2.15. The van der Waals surface area contributed by atoms with Gasteiger partial charge in [-0.1, -0.05) is 0 Å². The Morgan fingerprint density at radius 2 is 2.31 bits per heavy atom. The van der Waals surface area contributed by atoms with Crippen molar-refractivity contribution in [2.24, 2.45) is 4.99 Å². The molecular formula is C9H9N7. The van der Waals surface area contributed by atoms with Gasteiger partial charge >= 0.3 is 0 Å². The van der Waals surface area contributed by atoms with Crippen molar-refractivity contribution < 1.29 is 0 Å². The van der Waals surface area contributed by atoms with E-state index >= 15 is 0 Å². The van der Waals surface area contributed by atoms with Crippen LogP contribution < -0.4 is 0 Å². The highest BCUT2D eigenvalue weighted by atomic mass is 15.3. The summed E-state index contributed by atoms with van der Waals surface area (Å²) < 4.78 is 1.48. The summed E-state index contributed by atoms with van der Waals surface area (Å²) in [5, 5.41) is 20.5. The maximum absolute atomic E-state index is 8.90. The molecule has 0 spiro atoms. The van der Waals surface area contributed by atoms with Crippen LogP contribution in [-0.4, -0.2) is 45.1 Å². The van der Waals surface area contributed by atoms with E-state index in [4.69, 9.17) is 5.26 Å². The fourth-order valence-corrected chi connectivity index (χ4v) is 1.14. The molecule has 0 aromatic carbocycles. The summed E-state index contributed by atoms with van der Waals surface area (Å²) >= 11 is 0. The molecule has 0 amide bonds. The molecule has 0 aliphatic rings. The maximum Gasteiger partial charge on any atom is 0.207 e. The lowest BCUT2D eigenvalue weighted by Gasteiger charge is -2.03. The molecule has 0 aliphatic heterocycles. The molecule has 0 aliphatic carbocycles. The van der Waals surface area contributed by atoms with Crippen molar-refractivity contribution in [3.05, 3.63) is 18.0 Å². The second-order valence-corrected chi connectivity index (χ2v) is 3.29. The van der Waals surface area contributed by atoms with E-state index in [0.717, 1.165) is 0 Å². The Bertz CT molecular complexity index is 575. The molecule has 0 unspecified atom stereocenters. The van der Waals surface area contributed by atoms with Gasteiger partial charge in [-0.15, -0.1) is 10.2 Å². The molecule has 16 heavy (non-hydrogen) atoms. The van der Waals surface area contributed by atoms with E-state index in [1.165, 1.54) is 4.52 Å². The Kier molecular flexibility index (Phi) is 2.47. The number of nitriles is 1. The largest absolute Gasteiger partial charge is 0.369 e. The minimum atomic E-state index is 0.148. The average molecular weight is 215 g/mol. The number of aromatic nitrogens is 4. The van der Waals surface area contributed by atoms with Crippen LogP contribution in [0.3, 0.4) is 0 Å². The van der Waals surface area contributed by atoms with Crippen LogP contribution in [0.15, 0.2) is 17.3 Å². The molecule has 0 atom stereocenters. The van der Waals surface area contributed by atoms with Gasteiger partial charge in [0.2, 0.25) is 5.69 Å². The molecule has 2 aromatic rings. The maximum atomic E-state index is 8.90. The first-order valence-corrected chi connectivity index (χ1v) is 4.53. The van der Waals surface area contributed by atoms with Gasteiger partial charge in [-0.25, -0.2) is 4.99 Å². The van der Waals surface area contributed by atoms with Crippen molar-refractivity contribution in [2.75, 3.05) is 14.1 Å². The van der Waals surface area contributed by atoms with Crippen LogP contribution in [0.1, 0.15) is 5.69 Å². The van der Waals surface area contributed by atoms with Crippen molar-refractivity contribution >= 4 is 17.8 Å². The highest BCUT2D eigenvalue weighted by Gasteiger charge is 2.09. The smallest absolute Gasteiger partial charge is 0.207 e. The van der Waals surface area contributed by atoms with Gasteiger partial charge in [0.25, 0.3) is 0 Å². The van der Waals surface area contributed by atoms with Crippen molar-refractivity contribution in [3.8, 4) is 6.07 Å². The molecule has 2 aromatic heterocycles. The summed E-state index contributed by atoms with van der Waals surface area (Å²) in [6.45, 7) is 0. The quantitative estimate of drug-likeness (QED) is 0.528. The first kappa shape index (κ1) is 10.0. The summed E-state index contributed by atoms with van der Waals surface area (Å²) in [6, 6.07) is 3.63. The van der Waals surface area contributed by atoms with E-state index in [1.807, 2.05) is 20.2 Å². The fraction of sp³-hybridized carbons (Fsp3) is 0.222. The number of rotatable bonds is 2. The second kappa shape index (κ2) is 3.94. The van der Waals surface area contributed by atoms with Crippen LogP contribution in [0.2, 0.25) is 0 Å². The third kappa shape index (κ3) is 1.68. The van der Waals surface area contributed by atoms with Crippen LogP contribution in [0, 0.1) is 11.3 Å². The van der Waals surface area contributed by atoms with Crippen molar-refractivity contribution in [2.45, 2.75) is 0 Å². The van der Waals surface area contributed by atoms with Gasteiger partial charge in [0.1, 0.15) is 6.07 Å². The minimum Gasteiger partial charge on any atom is -0.369 e. The normalized spacial score (nSPS) is 10.8.